The van der Waals surface area contributed by atoms with Crippen LogP contribution < -0.4 is 5.32 Å². The fourth-order valence-electron chi connectivity index (χ4n) is 0.670. The van der Waals surface area contributed by atoms with E-state index in [0.717, 1.165) is 25.3 Å². The van der Waals surface area contributed by atoms with Gasteiger partial charge < -0.3 is 5.32 Å². The van der Waals surface area contributed by atoms with Crippen molar-refractivity contribution in [3.8, 4) is 6.07 Å². The molecule has 0 aromatic heterocycles. The lowest BCUT2D eigenvalue weighted by molar-refractivity contribution is 0.665. The van der Waals surface area contributed by atoms with Crippen molar-refractivity contribution in [2.24, 2.45) is 0 Å². The van der Waals surface area contributed by atoms with Crippen LogP contribution in [0.2, 0.25) is 0 Å². The third-order valence-corrected chi connectivity index (χ3v) is 2.06. The van der Waals surface area contributed by atoms with Gasteiger partial charge in [0.1, 0.15) is 0 Å². The minimum absolute atomic E-state index is 0.551. The highest BCUT2D eigenvalue weighted by atomic mass is 32.2. The molecule has 0 aromatic carbocycles. The van der Waals surface area contributed by atoms with E-state index in [1.165, 1.54) is 0 Å². The molecule has 0 aromatic rings. The van der Waals surface area contributed by atoms with Crippen molar-refractivity contribution in [3.63, 3.8) is 0 Å². The average Bonchev–Trinajstić information content (AvgIpc) is 1.96. The average molecular weight is 174 g/mol. The maximum atomic E-state index is 10.6. The van der Waals surface area contributed by atoms with Crippen molar-refractivity contribution in [2.75, 3.05) is 25.1 Å². The largest absolute Gasteiger partial charge is 0.316 e. The topological polar surface area (TPSA) is 52.9 Å². The van der Waals surface area contributed by atoms with E-state index >= 15 is 0 Å². The Hall–Kier alpha value is -0.400. The van der Waals surface area contributed by atoms with E-state index in [1.807, 2.05) is 6.07 Å². The van der Waals surface area contributed by atoms with Gasteiger partial charge in [0.15, 0.2) is 0 Å². The first-order valence-electron chi connectivity index (χ1n) is 3.65. The number of hydrogen-bond acceptors (Lipinski definition) is 3. The molecule has 0 aliphatic carbocycles. The molecule has 0 heterocycles. The van der Waals surface area contributed by atoms with E-state index in [-0.39, 0.29) is 0 Å². The van der Waals surface area contributed by atoms with E-state index in [0.29, 0.717) is 6.42 Å². The minimum Gasteiger partial charge on any atom is -0.316 e. The van der Waals surface area contributed by atoms with E-state index in [2.05, 4.69) is 5.32 Å². The third-order valence-electron chi connectivity index (χ3n) is 1.20. The summed E-state index contributed by atoms with van der Waals surface area (Å²) >= 11 is 0. The monoisotopic (exact) mass is 174 g/mol. The Balaban J connectivity index is 2.92. The Morgan fingerprint density at radius 2 is 2.27 bits per heavy atom. The van der Waals surface area contributed by atoms with E-state index in [1.54, 1.807) is 6.26 Å². The van der Waals surface area contributed by atoms with Gasteiger partial charge in [0, 0.05) is 35.8 Å². The van der Waals surface area contributed by atoms with Crippen LogP contribution in [0.5, 0.6) is 0 Å². The van der Waals surface area contributed by atoms with E-state index in [9.17, 15) is 4.21 Å². The van der Waals surface area contributed by atoms with Crippen LogP contribution in [0.3, 0.4) is 0 Å². The summed E-state index contributed by atoms with van der Waals surface area (Å²) in [5.74, 6) is 0.750. The van der Waals surface area contributed by atoms with Gasteiger partial charge in [0.05, 0.1) is 6.07 Å². The molecule has 0 radical (unpaired) electrons. The van der Waals surface area contributed by atoms with Crippen molar-refractivity contribution < 1.29 is 4.21 Å². The summed E-state index contributed by atoms with van der Waals surface area (Å²) in [6.07, 6.45) is 3.18. The van der Waals surface area contributed by atoms with Gasteiger partial charge in [-0.25, -0.2) is 0 Å². The Kier molecular flexibility index (Phi) is 7.42. The van der Waals surface area contributed by atoms with Gasteiger partial charge in [0.25, 0.3) is 0 Å². The van der Waals surface area contributed by atoms with Crippen LogP contribution in [0.1, 0.15) is 12.8 Å². The van der Waals surface area contributed by atoms with Crippen molar-refractivity contribution in [2.45, 2.75) is 12.8 Å². The molecule has 0 rings (SSSR count). The molecule has 0 saturated carbocycles. The van der Waals surface area contributed by atoms with Crippen LogP contribution in [0, 0.1) is 11.3 Å². The summed E-state index contributed by atoms with van der Waals surface area (Å²) in [5, 5.41) is 11.3. The molecule has 1 atom stereocenters. The van der Waals surface area contributed by atoms with E-state index in [4.69, 9.17) is 5.26 Å². The normalized spacial score (nSPS) is 12.4. The maximum Gasteiger partial charge on any atom is 0.0635 e. The summed E-state index contributed by atoms with van der Waals surface area (Å²) in [6.45, 7) is 1.61. The summed E-state index contributed by atoms with van der Waals surface area (Å²) < 4.78 is 10.6. The molecule has 0 aliphatic rings. The molecule has 0 fully saturated rings. The molecule has 0 aliphatic heterocycles. The Morgan fingerprint density at radius 1 is 1.55 bits per heavy atom. The zero-order valence-corrected chi connectivity index (χ0v) is 7.62. The molecule has 1 unspecified atom stereocenters. The van der Waals surface area contributed by atoms with Crippen LogP contribution in [-0.2, 0) is 10.8 Å². The fourth-order valence-corrected chi connectivity index (χ4v) is 1.22. The first kappa shape index (κ1) is 10.6. The predicted octanol–water partition coefficient (Wildman–Crippen LogP) is 0.258. The molecule has 1 N–H and O–H groups in total. The number of hydrogen-bond donors (Lipinski definition) is 1. The van der Waals surface area contributed by atoms with Crippen LogP contribution in [0.25, 0.3) is 0 Å². The minimum atomic E-state index is -0.678. The number of nitrogens with zero attached hydrogens (tertiary/aromatic N) is 1. The van der Waals surface area contributed by atoms with Crippen molar-refractivity contribution in [3.05, 3.63) is 0 Å². The lowest BCUT2D eigenvalue weighted by atomic mass is 10.4. The molecule has 0 amide bonds. The predicted molar refractivity (Wildman–Crippen MR) is 46.7 cm³/mol. The molecule has 0 spiro atoms. The summed E-state index contributed by atoms with van der Waals surface area (Å²) in [6, 6.07) is 2.04. The highest BCUT2D eigenvalue weighted by Crippen LogP contribution is 1.81. The Labute approximate surface area is 70.2 Å². The molecular weight excluding hydrogens is 160 g/mol. The van der Waals surface area contributed by atoms with Gasteiger partial charge >= 0.3 is 0 Å². The van der Waals surface area contributed by atoms with Crippen LogP contribution in [0.15, 0.2) is 0 Å². The molecule has 4 heteroatoms. The summed E-state index contributed by atoms with van der Waals surface area (Å²) in [7, 11) is -0.678. The highest BCUT2D eigenvalue weighted by molar-refractivity contribution is 7.84. The highest BCUT2D eigenvalue weighted by Gasteiger charge is 1.90. The number of nitrogens with one attached hydrogen (secondary N) is 1. The quantitative estimate of drug-likeness (QED) is 0.588. The van der Waals surface area contributed by atoms with Gasteiger partial charge in [0.2, 0.25) is 0 Å². The molecule has 11 heavy (non-hydrogen) atoms. The van der Waals surface area contributed by atoms with Crippen molar-refractivity contribution in [1.29, 1.82) is 5.26 Å². The lowest BCUT2D eigenvalue weighted by Crippen LogP contribution is -2.17. The van der Waals surface area contributed by atoms with Crippen molar-refractivity contribution >= 4 is 10.8 Å². The third kappa shape index (κ3) is 9.60. The number of nitriles is 1. The Morgan fingerprint density at radius 3 is 2.82 bits per heavy atom. The van der Waals surface area contributed by atoms with Gasteiger partial charge in [-0.05, 0) is 13.0 Å². The van der Waals surface area contributed by atoms with Crippen LogP contribution >= 0.6 is 0 Å². The number of rotatable bonds is 6. The maximum absolute atomic E-state index is 10.6. The zero-order chi connectivity index (χ0) is 8.53. The van der Waals surface area contributed by atoms with Crippen molar-refractivity contribution in [1.82, 2.24) is 5.32 Å². The molecular formula is C7H14N2OS. The smallest absolute Gasteiger partial charge is 0.0635 e. The molecule has 3 nitrogen and oxygen atoms in total. The molecule has 0 bridgehead atoms. The molecule has 0 saturated heterocycles. The second-order valence-electron chi connectivity index (χ2n) is 2.29. The van der Waals surface area contributed by atoms with Gasteiger partial charge in [-0.1, -0.05) is 0 Å². The first-order valence-corrected chi connectivity index (χ1v) is 5.38. The second-order valence-corrected chi connectivity index (χ2v) is 3.84. The summed E-state index contributed by atoms with van der Waals surface area (Å²) in [5.41, 5.74) is 0. The van der Waals surface area contributed by atoms with Gasteiger partial charge in [-0.15, -0.1) is 0 Å². The summed E-state index contributed by atoms with van der Waals surface area (Å²) in [4.78, 5) is 0. The molecule has 64 valence electrons. The second kappa shape index (κ2) is 7.70. The lowest BCUT2D eigenvalue weighted by Gasteiger charge is -1.99. The van der Waals surface area contributed by atoms with Crippen LogP contribution in [-0.4, -0.2) is 29.3 Å². The SMILES string of the molecule is CS(=O)CCCNCCC#N. The Bertz CT molecular complexity index is 153. The van der Waals surface area contributed by atoms with Gasteiger partial charge in [-0.3, -0.25) is 4.21 Å². The first-order chi connectivity index (χ1) is 5.27. The fraction of sp³-hybridized carbons (Fsp3) is 0.857. The standard InChI is InChI=1S/C7H14N2OS/c1-11(10)7-3-6-9-5-2-4-8/h9H,2-3,5-7H2,1H3. The van der Waals surface area contributed by atoms with Gasteiger partial charge in [-0.2, -0.15) is 5.26 Å². The van der Waals surface area contributed by atoms with E-state index < -0.39 is 10.8 Å². The zero-order valence-electron chi connectivity index (χ0n) is 6.80. The van der Waals surface area contributed by atoms with Crippen LogP contribution in [0.4, 0.5) is 0 Å².